The summed E-state index contributed by atoms with van der Waals surface area (Å²) in [5, 5.41) is 5.75. The molecular weight excluding hydrogens is 598 g/mol. The van der Waals surface area contributed by atoms with Crippen molar-refractivity contribution >= 4 is 35.2 Å². The SMILES string of the molecule is CCN1CCN(C(=O)c2ccc(NC(=O)Nc3ccc(-c4nc(N5C6CCC5COC6)nc(N5CCOC[C@@H]5C)n4)cc3)cc2)CC1. The summed E-state index contributed by atoms with van der Waals surface area (Å²) >= 11 is 0. The molecule has 0 aliphatic carbocycles. The van der Waals surface area contributed by atoms with Crippen LogP contribution in [0.15, 0.2) is 48.5 Å². The van der Waals surface area contributed by atoms with Gasteiger partial charge in [-0.25, -0.2) is 4.79 Å². The van der Waals surface area contributed by atoms with E-state index < -0.39 is 0 Å². The number of rotatable bonds is 7. The van der Waals surface area contributed by atoms with Crippen molar-refractivity contribution in [2.45, 2.75) is 44.8 Å². The van der Waals surface area contributed by atoms with E-state index in [1.165, 1.54) is 0 Å². The lowest BCUT2D eigenvalue weighted by Crippen LogP contribution is -2.48. The number of carbonyl (C=O) groups is 2. The summed E-state index contributed by atoms with van der Waals surface area (Å²) < 4.78 is 11.5. The summed E-state index contributed by atoms with van der Waals surface area (Å²) in [5.41, 5.74) is 2.68. The lowest BCUT2D eigenvalue weighted by atomic mass is 10.1. The van der Waals surface area contributed by atoms with Crippen LogP contribution in [0.2, 0.25) is 0 Å². The van der Waals surface area contributed by atoms with Gasteiger partial charge in [0.15, 0.2) is 5.82 Å². The Bertz CT molecular complexity index is 1550. The number of hydrogen-bond acceptors (Lipinski definition) is 10. The molecule has 13 nitrogen and oxygen atoms in total. The molecule has 4 aliphatic heterocycles. The summed E-state index contributed by atoms with van der Waals surface area (Å²) in [6, 6.07) is 14.8. The number of urea groups is 1. The molecule has 3 amide bonds. The monoisotopic (exact) mass is 641 g/mol. The minimum atomic E-state index is -0.374. The van der Waals surface area contributed by atoms with Gasteiger partial charge in [-0.05, 0) is 74.8 Å². The number of hydrogen-bond donors (Lipinski definition) is 2. The van der Waals surface area contributed by atoms with Crippen LogP contribution in [0.1, 0.15) is 37.0 Å². The maximum absolute atomic E-state index is 12.9. The number of likely N-dealkylation sites (N-methyl/N-ethyl adjacent to an activating group) is 1. The molecule has 2 aromatic carbocycles. The van der Waals surface area contributed by atoms with Gasteiger partial charge in [-0.15, -0.1) is 0 Å². The fourth-order valence-electron chi connectivity index (χ4n) is 6.85. The first-order chi connectivity index (χ1) is 22.9. The lowest BCUT2D eigenvalue weighted by Gasteiger charge is -2.36. The number of benzene rings is 2. The van der Waals surface area contributed by atoms with Crippen LogP contribution in [0.5, 0.6) is 0 Å². The maximum atomic E-state index is 12.9. The molecule has 0 radical (unpaired) electrons. The minimum absolute atomic E-state index is 0.0195. The van der Waals surface area contributed by atoms with E-state index in [9.17, 15) is 9.59 Å². The number of nitrogens with one attached hydrogen (secondary N) is 2. The number of nitrogens with zero attached hydrogens (tertiary/aromatic N) is 7. The zero-order valence-electron chi connectivity index (χ0n) is 27.1. The van der Waals surface area contributed by atoms with Crippen molar-refractivity contribution in [3.8, 4) is 11.4 Å². The summed E-state index contributed by atoms with van der Waals surface area (Å²) in [6.07, 6.45) is 2.13. The van der Waals surface area contributed by atoms with E-state index in [1.807, 2.05) is 29.2 Å². The standard InChI is InChI=1S/C34H43N9O4/c1-3-40-14-16-41(17-15-40)31(44)25-6-10-27(11-7-25)36-34(45)35-26-8-4-24(5-9-26)30-37-32(42-18-19-46-20-23(42)2)39-33(38-30)43-28-12-13-29(43)22-47-21-28/h4-11,23,28-29H,3,12-22H2,1-2H3,(H2,35,36,45)/t23-,28?,29?/m0/s1. The minimum Gasteiger partial charge on any atom is -0.377 e. The van der Waals surface area contributed by atoms with Crippen LogP contribution in [-0.4, -0.2) is 121 Å². The lowest BCUT2D eigenvalue weighted by molar-refractivity contribution is 0.0643. The molecule has 4 fully saturated rings. The Morgan fingerprint density at radius 3 is 2.06 bits per heavy atom. The zero-order valence-corrected chi connectivity index (χ0v) is 27.1. The molecule has 13 heteroatoms. The number of piperazine rings is 1. The van der Waals surface area contributed by atoms with Crippen molar-refractivity contribution in [2.75, 3.05) is 86.1 Å². The van der Waals surface area contributed by atoms with Crippen molar-refractivity contribution in [3.05, 3.63) is 54.1 Å². The van der Waals surface area contributed by atoms with Gasteiger partial charge in [-0.3, -0.25) is 4.79 Å². The largest absolute Gasteiger partial charge is 0.377 e. The second kappa shape index (κ2) is 13.8. The molecule has 0 saturated carbocycles. The Kier molecular flexibility index (Phi) is 9.18. The Morgan fingerprint density at radius 1 is 0.787 bits per heavy atom. The molecule has 7 rings (SSSR count). The first kappa shape index (κ1) is 31.3. The average Bonchev–Trinajstić information content (AvgIpc) is 3.36. The number of anilines is 4. The molecule has 4 saturated heterocycles. The van der Waals surface area contributed by atoms with Gasteiger partial charge >= 0.3 is 6.03 Å². The van der Waals surface area contributed by atoms with Crippen molar-refractivity contribution in [2.24, 2.45) is 0 Å². The van der Waals surface area contributed by atoms with E-state index in [-0.39, 0.29) is 30.1 Å². The third-order valence-electron chi connectivity index (χ3n) is 9.61. The van der Waals surface area contributed by atoms with Gasteiger partial charge in [-0.2, -0.15) is 15.0 Å². The normalized spacial score (nSPS) is 23.1. The van der Waals surface area contributed by atoms with E-state index in [4.69, 9.17) is 24.4 Å². The van der Waals surface area contributed by atoms with Crippen molar-refractivity contribution < 1.29 is 19.1 Å². The number of ether oxygens (including phenoxy) is 2. The number of amides is 3. The van der Waals surface area contributed by atoms with Crippen LogP contribution in [0.3, 0.4) is 0 Å². The Hall–Kier alpha value is -4.33. The Labute approximate surface area is 275 Å². The van der Waals surface area contributed by atoms with Crippen molar-refractivity contribution in [3.63, 3.8) is 0 Å². The highest BCUT2D eigenvalue weighted by atomic mass is 16.5. The highest BCUT2D eigenvalue weighted by Gasteiger charge is 2.40. The molecule has 5 heterocycles. The molecule has 1 aromatic heterocycles. The third-order valence-corrected chi connectivity index (χ3v) is 9.61. The number of aromatic nitrogens is 3. The first-order valence-corrected chi connectivity index (χ1v) is 16.7. The smallest absolute Gasteiger partial charge is 0.323 e. The quantitative estimate of drug-likeness (QED) is 0.395. The molecule has 3 aromatic rings. The molecular formula is C34H43N9O4. The molecule has 47 heavy (non-hydrogen) atoms. The molecule has 2 bridgehead atoms. The average molecular weight is 642 g/mol. The van der Waals surface area contributed by atoms with Crippen LogP contribution < -0.4 is 20.4 Å². The summed E-state index contributed by atoms with van der Waals surface area (Å²) in [7, 11) is 0. The van der Waals surface area contributed by atoms with Gasteiger partial charge in [0.1, 0.15) is 0 Å². The summed E-state index contributed by atoms with van der Waals surface area (Å²) in [6.45, 7) is 11.8. The Morgan fingerprint density at radius 2 is 1.43 bits per heavy atom. The van der Waals surface area contributed by atoms with Crippen LogP contribution >= 0.6 is 0 Å². The van der Waals surface area contributed by atoms with Crippen molar-refractivity contribution in [1.29, 1.82) is 0 Å². The predicted octanol–water partition coefficient (Wildman–Crippen LogP) is 3.55. The molecule has 3 atom stereocenters. The van der Waals surface area contributed by atoms with Crippen LogP contribution in [0, 0.1) is 0 Å². The van der Waals surface area contributed by atoms with E-state index in [0.717, 1.165) is 51.1 Å². The van der Waals surface area contributed by atoms with E-state index in [2.05, 4.69) is 39.2 Å². The Balaban J connectivity index is 1.02. The molecule has 0 spiro atoms. The van der Waals surface area contributed by atoms with E-state index in [0.29, 0.717) is 67.6 Å². The van der Waals surface area contributed by atoms with Gasteiger partial charge in [0.2, 0.25) is 11.9 Å². The summed E-state index contributed by atoms with van der Waals surface area (Å²) in [5.74, 6) is 1.95. The number of fused-ring (bicyclic) bond motifs is 2. The first-order valence-electron chi connectivity index (χ1n) is 16.7. The fraction of sp³-hybridized carbons (Fsp3) is 0.500. The van der Waals surface area contributed by atoms with Crippen LogP contribution in [0.4, 0.5) is 28.1 Å². The van der Waals surface area contributed by atoms with Gasteiger partial charge in [0, 0.05) is 55.2 Å². The second-order valence-corrected chi connectivity index (χ2v) is 12.7. The van der Waals surface area contributed by atoms with Crippen LogP contribution in [-0.2, 0) is 9.47 Å². The topological polar surface area (TPSA) is 128 Å². The van der Waals surface area contributed by atoms with E-state index in [1.54, 1.807) is 24.3 Å². The second-order valence-electron chi connectivity index (χ2n) is 12.7. The fourth-order valence-corrected chi connectivity index (χ4v) is 6.85. The summed E-state index contributed by atoms with van der Waals surface area (Å²) in [4.78, 5) is 49.3. The van der Waals surface area contributed by atoms with E-state index >= 15 is 0 Å². The van der Waals surface area contributed by atoms with Gasteiger partial charge in [-0.1, -0.05) is 6.92 Å². The van der Waals surface area contributed by atoms with Gasteiger partial charge in [0.25, 0.3) is 5.91 Å². The third kappa shape index (κ3) is 6.87. The molecule has 2 unspecified atom stereocenters. The molecule has 4 aliphatic rings. The molecule has 248 valence electrons. The number of carbonyl (C=O) groups excluding carboxylic acids is 2. The van der Waals surface area contributed by atoms with Gasteiger partial charge < -0.3 is 39.7 Å². The highest BCUT2D eigenvalue weighted by Crippen LogP contribution is 2.34. The van der Waals surface area contributed by atoms with Crippen molar-refractivity contribution in [1.82, 2.24) is 24.8 Å². The van der Waals surface area contributed by atoms with Gasteiger partial charge in [0.05, 0.1) is 44.6 Å². The molecule has 2 N–H and O–H groups in total. The maximum Gasteiger partial charge on any atom is 0.323 e. The number of morpholine rings is 2. The zero-order chi connectivity index (χ0) is 32.3. The highest BCUT2D eigenvalue weighted by molar-refractivity contribution is 6.00. The predicted molar refractivity (Wildman–Crippen MR) is 180 cm³/mol. The van der Waals surface area contributed by atoms with Crippen LogP contribution in [0.25, 0.3) is 11.4 Å².